The zero-order valence-corrected chi connectivity index (χ0v) is 12.9. The molecule has 0 saturated carbocycles. The molecule has 2 amide bonds. The van der Waals surface area contributed by atoms with Gasteiger partial charge in [0.1, 0.15) is 5.67 Å². The van der Waals surface area contributed by atoms with Crippen molar-refractivity contribution in [2.24, 2.45) is 0 Å². The van der Waals surface area contributed by atoms with Crippen molar-refractivity contribution in [3.05, 3.63) is 29.8 Å². The van der Waals surface area contributed by atoms with E-state index in [0.717, 1.165) is 11.3 Å². The molecule has 0 bridgehead atoms. The van der Waals surface area contributed by atoms with E-state index in [1.807, 2.05) is 24.3 Å². The van der Waals surface area contributed by atoms with Gasteiger partial charge < -0.3 is 10.0 Å². The maximum atomic E-state index is 14.0. The third-order valence-electron chi connectivity index (χ3n) is 4.84. The van der Waals surface area contributed by atoms with Crippen LogP contribution in [0.25, 0.3) is 0 Å². The molecule has 5 nitrogen and oxygen atoms in total. The van der Waals surface area contributed by atoms with Gasteiger partial charge in [-0.2, -0.15) is 0 Å². The molecule has 2 saturated heterocycles. The van der Waals surface area contributed by atoms with Crippen molar-refractivity contribution in [2.75, 3.05) is 24.6 Å². The summed E-state index contributed by atoms with van der Waals surface area (Å²) in [7, 11) is 0. The van der Waals surface area contributed by atoms with Gasteiger partial charge in [-0.25, -0.2) is 4.39 Å². The highest BCUT2D eigenvalue weighted by atomic mass is 19.1. The molecule has 2 N–H and O–H groups in total. The second-order valence-corrected chi connectivity index (χ2v) is 6.39. The second kappa shape index (κ2) is 6.28. The molecule has 1 aromatic rings. The first kappa shape index (κ1) is 15.9. The smallest absolute Gasteiger partial charge is 0.234 e. The normalized spacial score (nSPS) is 24.4. The summed E-state index contributed by atoms with van der Waals surface area (Å²) in [6.45, 7) is 0.707. The summed E-state index contributed by atoms with van der Waals surface area (Å²) < 4.78 is 14.0. The van der Waals surface area contributed by atoms with E-state index in [0.29, 0.717) is 38.8 Å². The Morgan fingerprint density at radius 2 is 1.87 bits per heavy atom. The molecule has 0 aromatic heterocycles. The van der Waals surface area contributed by atoms with Crippen molar-refractivity contribution >= 4 is 17.5 Å². The Kier molecular flexibility index (Phi) is 4.35. The topological polar surface area (TPSA) is 69.6 Å². The lowest BCUT2D eigenvalue weighted by atomic mass is 9.90. The van der Waals surface area contributed by atoms with Gasteiger partial charge in [0, 0.05) is 38.0 Å². The number of piperidine rings is 2. The van der Waals surface area contributed by atoms with Crippen LogP contribution in [0.1, 0.15) is 37.2 Å². The van der Waals surface area contributed by atoms with E-state index >= 15 is 0 Å². The van der Waals surface area contributed by atoms with Crippen LogP contribution in [0.2, 0.25) is 0 Å². The Bertz CT molecular complexity index is 594. The van der Waals surface area contributed by atoms with Gasteiger partial charge in [0.25, 0.3) is 0 Å². The van der Waals surface area contributed by atoms with Gasteiger partial charge in [0.15, 0.2) is 0 Å². The number of carbonyl (C=O) groups excluding carboxylic acids is 2. The molecule has 0 aliphatic carbocycles. The first-order chi connectivity index (χ1) is 11.0. The number of alkyl halides is 1. The van der Waals surface area contributed by atoms with Crippen LogP contribution in [0.5, 0.6) is 0 Å². The molecular weight excluding hydrogens is 299 g/mol. The van der Waals surface area contributed by atoms with Crippen molar-refractivity contribution in [3.8, 4) is 0 Å². The lowest BCUT2D eigenvalue weighted by Gasteiger charge is -2.36. The molecule has 2 fully saturated rings. The molecule has 23 heavy (non-hydrogen) atoms. The number of aliphatic hydroxyl groups excluding tert-OH is 1. The van der Waals surface area contributed by atoms with Crippen LogP contribution in [-0.2, 0) is 9.59 Å². The van der Waals surface area contributed by atoms with Gasteiger partial charge in [-0.05, 0) is 24.1 Å². The largest absolute Gasteiger partial charge is 0.393 e. The van der Waals surface area contributed by atoms with Gasteiger partial charge in [-0.3, -0.25) is 14.9 Å². The molecule has 0 spiro atoms. The molecule has 6 heteroatoms. The number of anilines is 1. The zero-order valence-electron chi connectivity index (χ0n) is 12.9. The molecular formula is C17H21FN2O3. The molecule has 1 atom stereocenters. The van der Waals surface area contributed by atoms with E-state index in [-0.39, 0.29) is 17.7 Å². The van der Waals surface area contributed by atoms with Crippen molar-refractivity contribution < 1.29 is 19.1 Å². The monoisotopic (exact) mass is 320 g/mol. The van der Waals surface area contributed by atoms with Crippen LogP contribution in [0.15, 0.2) is 24.3 Å². The minimum absolute atomic E-state index is 0.213. The van der Waals surface area contributed by atoms with E-state index < -0.39 is 12.3 Å². The summed E-state index contributed by atoms with van der Waals surface area (Å²) in [5.41, 5.74) is 0.426. The fourth-order valence-corrected chi connectivity index (χ4v) is 3.25. The van der Waals surface area contributed by atoms with E-state index in [9.17, 15) is 14.0 Å². The maximum Gasteiger partial charge on any atom is 0.234 e. The lowest BCUT2D eigenvalue weighted by molar-refractivity contribution is -0.134. The Labute approximate surface area is 134 Å². The summed E-state index contributed by atoms with van der Waals surface area (Å²) in [5, 5.41) is 11.4. The van der Waals surface area contributed by atoms with Crippen LogP contribution in [0.4, 0.5) is 10.1 Å². The van der Waals surface area contributed by atoms with Crippen LogP contribution < -0.4 is 10.2 Å². The van der Waals surface area contributed by atoms with Crippen LogP contribution in [0, 0.1) is 0 Å². The van der Waals surface area contributed by atoms with Crippen molar-refractivity contribution in [1.82, 2.24) is 5.32 Å². The Morgan fingerprint density at radius 1 is 1.22 bits per heavy atom. The van der Waals surface area contributed by atoms with Crippen molar-refractivity contribution in [3.63, 3.8) is 0 Å². The average molecular weight is 320 g/mol. The van der Waals surface area contributed by atoms with Crippen LogP contribution in [0.3, 0.4) is 0 Å². The molecule has 3 rings (SSSR count). The fourth-order valence-electron chi connectivity index (χ4n) is 3.25. The van der Waals surface area contributed by atoms with Gasteiger partial charge in [-0.1, -0.05) is 12.1 Å². The van der Waals surface area contributed by atoms with Crippen LogP contribution in [-0.4, -0.2) is 42.3 Å². The summed E-state index contributed by atoms with van der Waals surface area (Å²) in [5.74, 6) is -0.733. The molecule has 1 unspecified atom stereocenters. The van der Waals surface area contributed by atoms with E-state index in [1.54, 1.807) is 0 Å². The molecule has 2 aliphatic heterocycles. The number of nitrogens with zero attached hydrogens (tertiary/aromatic N) is 1. The highest BCUT2D eigenvalue weighted by Gasteiger charge is 2.34. The zero-order chi connectivity index (χ0) is 16.4. The number of amides is 2. The molecule has 124 valence electrons. The standard InChI is InChI=1S/C17H21FN2O3/c18-17(11-21)7-9-20(10-8-17)13-3-1-12(2-4-13)14-5-6-15(22)19-16(14)23/h1-4,14,21H,5-11H2,(H,19,22,23). The summed E-state index contributed by atoms with van der Waals surface area (Å²) >= 11 is 0. The number of nitrogens with one attached hydrogen (secondary N) is 1. The summed E-state index contributed by atoms with van der Waals surface area (Å²) in [6, 6.07) is 7.67. The quantitative estimate of drug-likeness (QED) is 0.828. The number of imide groups is 1. The number of hydrogen-bond donors (Lipinski definition) is 2. The molecule has 0 radical (unpaired) electrons. The third-order valence-corrected chi connectivity index (χ3v) is 4.84. The Balaban J connectivity index is 1.66. The first-order valence-corrected chi connectivity index (χ1v) is 7.99. The molecule has 1 aromatic carbocycles. The maximum absolute atomic E-state index is 14.0. The first-order valence-electron chi connectivity index (χ1n) is 7.99. The number of halogens is 1. The minimum Gasteiger partial charge on any atom is -0.393 e. The van der Waals surface area contributed by atoms with Gasteiger partial charge in [0.2, 0.25) is 11.8 Å². The molecule has 2 heterocycles. The van der Waals surface area contributed by atoms with Gasteiger partial charge in [-0.15, -0.1) is 0 Å². The number of rotatable bonds is 3. The van der Waals surface area contributed by atoms with Gasteiger partial charge >= 0.3 is 0 Å². The predicted molar refractivity (Wildman–Crippen MR) is 83.9 cm³/mol. The molecule has 2 aliphatic rings. The van der Waals surface area contributed by atoms with Crippen molar-refractivity contribution in [1.29, 1.82) is 0 Å². The summed E-state index contributed by atoms with van der Waals surface area (Å²) in [4.78, 5) is 25.2. The minimum atomic E-state index is -1.46. The van der Waals surface area contributed by atoms with Crippen molar-refractivity contribution in [2.45, 2.75) is 37.3 Å². The van der Waals surface area contributed by atoms with E-state index in [2.05, 4.69) is 10.2 Å². The second-order valence-electron chi connectivity index (χ2n) is 6.39. The SMILES string of the molecule is O=C1CCC(c2ccc(N3CCC(F)(CO)CC3)cc2)C(=O)N1. The summed E-state index contributed by atoms with van der Waals surface area (Å²) in [6.07, 6.45) is 1.54. The number of hydrogen-bond acceptors (Lipinski definition) is 4. The number of aliphatic hydroxyl groups is 1. The highest BCUT2D eigenvalue weighted by molar-refractivity contribution is 6.00. The van der Waals surface area contributed by atoms with E-state index in [1.165, 1.54) is 0 Å². The van der Waals surface area contributed by atoms with Gasteiger partial charge in [0.05, 0.1) is 12.5 Å². The number of carbonyl (C=O) groups is 2. The Hall–Kier alpha value is -1.95. The number of benzene rings is 1. The predicted octanol–water partition coefficient (Wildman–Crippen LogP) is 1.51. The Morgan fingerprint density at radius 3 is 2.43 bits per heavy atom. The van der Waals surface area contributed by atoms with Crippen LogP contribution >= 0.6 is 0 Å². The highest BCUT2D eigenvalue weighted by Crippen LogP contribution is 2.31. The van der Waals surface area contributed by atoms with E-state index in [4.69, 9.17) is 5.11 Å². The third kappa shape index (κ3) is 3.37. The average Bonchev–Trinajstić information content (AvgIpc) is 2.56. The lowest BCUT2D eigenvalue weighted by Crippen LogP contribution is -2.43. The fraction of sp³-hybridized carbons (Fsp3) is 0.529.